The van der Waals surface area contributed by atoms with Crippen molar-refractivity contribution in [3.05, 3.63) is 65.6 Å². The summed E-state index contributed by atoms with van der Waals surface area (Å²) in [6, 6.07) is 9.68. The maximum absolute atomic E-state index is 12.9. The molecular formula is C23H23N5O2S. The predicted octanol–water partition coefficient (Wildman–Crippen LogP) is 4.51. The Labute approximate surface area is 184 Å². The van der Waals surface area contributed by atoms with Crippen LogP contribution >= 0.6 is 11.3 Å². The van der Waals surface area contributed by atoms with Crippen molar-refractivity contribution in [3.63, 3.8) is 0 Å². The monoisotopic (exact) mass is 433 g/mol. The zero-order chi connectivity index (χ0) is 22.0. The molecule has 0 saturated carbocycles. The van der Waals surface area contributed by atoms with E-state index in [-0.39, 0.29) is 11.9 Å². The first-order valence-corrected chi connectivity index (χ1v) is 10.8. The Hall–Kier alpha value is -3.52. The Bertz CT molecular complexity index is 1200. The maximum Gasteiger partial charge on any atom is 0.253 e. The SMILES string of the molecule is COc1ccc(-n2c(-c3csc(-c4cnccn4)n3)cc(C(=O)NC(C)C)c2C)cc1. The molecule has 0 bridgehead atoms. The van der Waals surface area contributed by atoms with E-state index in [1.165, 1.54) is 11.3 Å². The second kappa shape index (κ2) is 8.69. The Morgan fingerprint density at radius 1 is 1.16 bits per heavy atom. The summed E-state index contributed by atoms with van der Waals surface area (Å²) in [5, 5.41) is 5.73. The minimum Gasteiger partial charge on any atom is -0.497 e. The van der Waals surface area contributed by atoms with E-state index in [0.717, 1.165) is 39.2 Å². The quantitative estimate of drug-likeness (QED) is 0.484. The number of ether oxygens (including phenoxy) is 1. The second-order valence-electron chi connectivity index (χ2n) is 7.32. The van der Waals surface area contributed by atoms with Gasteiger partial charge in [0.15, 0.2) is 0 Å². The first kappa shape index (κ1) is 20.7. The Kier molecular flexibility index (Phi) is 5.81. The summed E-state index contributed by atoms with van der Waals surface area (Å²) in [6.07, 6.45) is 4.97. The summed E-state index contributed by atoms with van der Waals surface area (Å²) >= 11 is 1.49. The molecule has 0 fully saturated rings. The van der Waals surface area contributed by atoms with Crippen molar-refractivity contribution in [2.24, 2.45) is 0 Å². The fourth-order valence-electron chi connectivity index (χ4n) is 3.35. The van der Waals surface area contributed by atoms with E-state index in [2.05, 4.69) is 15.3 Å². The fourth-order valence-corrected chi connectivity index (χ4v) is 4.12. The van der Waals surface area contributed by atoms with Crippen LogP contribution < -0.4 is 10.1 Å². The molecule has 158 valence electrons. The lowest BCUT2D eigenvalue weighted by molar-refractivity contribution is 0.0942. The number of benzene rings is 1. The van der Waals surface area contributed by atoms with Crippen LogP contribution in [0.3, 0.4) is 0 Å². The highest BCUT2D eigenvalue weighted by Crippen LogP contribution is 2.33. The number of hydrogen-bond acceptors (Lipinski definition) is 6. The van der Waals surface area contributed by atoms with Crippen molar-refractivity contribution in [1.29, 1.82) is 0 Å². The van der Waals surface area contributed by atoms with Gasteiger partial charge in [-0.25, -0.2) is 4.98 Å². The van der Waals surface area contributed by atoms with Gasteiger partial charge in [-0.2, -0.15) is 0 Å². The number of nitrogens with zero attached hydrogens (tertiary/aromatic N) is 4. The average molecular weight is 434 g/mol. The number of nitrogens with one attached hydrogen (secondary N) is 1. The van der Waals surface area contributed by atoms with Gasteiger partial charge in [-0.1, -0.05) is 0 Å². The first-order chi connectivity index (χ1) is 15.0. The molecule has 8 heteroatoms. The molecule has 7 nitrogen and oxygen atoms in total. The standard InChI is InChI=1S/C23H23N5O2S/c1-14(2)26-22(29)18-11-21(20-13-31-23(27-20)19-12-24-9-10-25-19)28(15(18)3)16-5-7-17(30-4)8-6-16/h5-14H,1-4H3,(H,26,29). The van der Waals surface area contributed by atoms with Crippen LogP contribution in [0.25, 0.3) is 27.8 Å². The predicted molar refractivity (Wildman–Crippen MR) is 122 cm³/mol. The van der Waals surface area contributed by atoms with Crippen LogP contribution in [0.4, 0.5) is 0 Å². The third-order valence-electron chi connectivity index (χ3n) is 4.79. The maximum atomic E-state index is 12.9. The van der Waals surface area contributed by atoms with Crippen LogP contribution in [0.15, 0.2) is 54.3 Å². The number of carbonyl (C=O) groups excluding carboxylic acids is 1. The van der Waals surface area contributed by atoms with Crippen LogP contribution in [0.2, 0.25) is 0 Å². The second-order valence-corrected chi connectivity index (χ2v) is 8.18. The molecule has 1 N–H and O–H groups in total. The van der Waals surface area contributed by atoms with Gasteiger partial charge in [0.2, 0.25) is 0 Å². The molecule has 0 aliphatic carbocycles. The highest BCUT2D eigenvalue weighted by Gasteiger charge is 2.22. The smallest absolute Gasteiger partial charge is 0.253 e. The molecule has 0 spiro atoms. The van der Waals surface area contributed by atoms with Gasteiger partial charge in [0.1, 0.15) is 16.5 Å². The van der Waals surface area contributed by atoms with Crippen LogP contribution in [0, 0.1) is 6.92 Å². The van der Waals surface area contributed by atoms with Crippen LogP contribution in [0.1, 0.15) is 29.9 Å². The van der Waals surface area contributed by atoms with Crippen LogP contribution in [0.5, 0.6) is 5.75 Å². The van der Waals surface area contributed by atoms with Gasteiger partial charge in [-0.3, -0.25) is 14.8 Å². The summed E-state index contributed by atoms with van der Waals surface area (Å²) in [5.41, 5.74) is 4.71. The summed E-state index contributed by atoms with van der Waals surface area (Å²) in [4.78, 5) is 26.1. The van der Waals surface area contributed by atoms with E-state index < -0.39 is 0 Å². The summed E-state index contributed by atoms with van der Waals surface area (Å²) in [6.45, 7) is 5.84. The number of thiazole rings is 1. The minimum atomic E-state index is -0.106. The highest BCUT2D eigenvalue weighted by atomic mass is 32.1. The fraction of sp³-hybridized carbons (Fsp3) is 0.217. The van der Waals surface area contributed by atoms with Gasteiger partial charge >= 0.3 is 0 Å². The van der Waals surface area contributed by atoms with Gasteiger partial charge < -0.3 is 14.6 Å². The molecule has 0 saturated heterocycles. The first-order valence-electron chi connectivity index (χ1n) is 9.88. The normalized spacial score (nSPS) is 11.0. The molecule has 0 aliphatic rings. The van der Waals surface area contributed by atoms with Gasteiger partial charge in [0, 0.05) is 35.2 Å². The van der Waals surface area contributed by atoms with E-state index in [9.17, 15) is 4.79 Å². The van der Waals surface area contributed by atoms with Crippen LogP contribution in [-0.2, 0) is 0 Å². The van der Waals surface area contributed by atoms with Crippen molar-refractivity contribution in [1.82, 2.24) is 24.8 Å². The van der Waals surface area contributed by atoms with E-state index in [1.54, 1.807) is 25.7 Å². The number of amides is 1. The van der Waals surface area contributed by atoms with E-state index in [1.807, 2.05) is 61.1 Å². The Morgan fingerprint density at radius 3 is 2.58 bits per heavy atom. The number of hydrogen-bond donors (Lipinski definition) is 1. The van der Waals surface area contributed by atoms with Gasteiger partial charge in [-0.15, -0.1) is 11.3 Å². The summed E-state index contributed by atoms with van der Waals surface area (Å²) in [7, 11) is 1.64. The van der Waals surface area contributed by atoms with E-state index in [4.69, 9.17) is 9.72 Å². The van der Waals surface area contributed by atoms with Crippen molar-refractivity contribution < 1.29 is 9.53 Å². The van der Waals surface area contributed by atoms with E-state index >= 15 is 0 Å². The molecule has 4 rings (SSSR count). The lowest BCUT2D eigenvalue weighted by Crippen LogP contribution is -2.30. The molecular weight excluding hydrogens is 410 g/mol. The highest BCUT2D eigenvalue weighted by molar-refractivity contribution is 7.13. The number of methoxy groups -OCH3 is 1. The lowest BCUT2D eigenvalue weighted by atomic mass is 10.2. The molecule has 31 heavy (non-hydrogen) atoms. The van der Waals surface area contributed by atoms with Crippen molar-refractivity contribution in [2.75, 3.05) is 7.11 Å². The van der Waals surface area contributed by atoms with Crippen LogP contribution in [-0.4, -0.2) is 38.6 Å². The number of rotatable bonds is 6. The largest absolute Gasteiger partial charge is 0.497 e. The molecule has 0 atom stereocenters. The molecule has 3 aromatic heterocycles. The average Bonchev–Trinajstić information content (AvgIpc) is 3.39. The topological polar surface area (TPSA) is 81.9 Å². The molecule has 1 aromatic carbocycles. The van der Waals surface area contributed by atoms with Gasteiger partial charge in [0.05, 0.1) is 30.3 Å². The van der Waals surface area contributed by atoms with Crippen molar-refractivity contribution in [2.45, 2.75) is 26.8 Å². The zero-order valence-electron chi connectivity index (χ0n) is 17.8. The van der Waals surface area contributed by atoms with Crippen molar-refractivity contribution in [3.8, 4) is 33.5 Å². The minimum absolute atomic E-state index is 0.0437. The molecule has 4 aromatic rings. The summed E-state index contributed by atoms with van der Waals surface area (Å²) in [5.74, 6) is 0.664. The number of aromatic nitrogens is 4. The molecule has 1 amide bonds. The third kappa shape index (κ3) is 4.20. The van der Waals surface area contributed by atoms with Gasteiger partial charge in [-0.05, 0) is 51.1 Å². The molecule has 3 heterocycles. The summed E-state index contributed by atoms with van der Waals surface area (Å²) < 4.78 is 7.34. The molecule has 0 radical (unpaired) electrons. The lowest BCUT2D eigenvalue weighted by Gasteiger charge is -2.12. The third-order valence-corrected chi connectivity index (χ3v) is 5.66. The van der Waals surface area contributed by atoms with Crippen molar-refractivity contribution >= 4 is 17.2 Å². The Morgan fingerprint density at radius 2 is 1.94 bits per heavy atom. The Balaban J connectivity index is 1.84. The van der Waals surface area contributed by atoms with Gasteiger partial charge in [0.25, 0.3) is 5.91 Å². The zero-order valence-corrected chi connectivity index (χ0v) is 18.6. The molecule has 0 unspecified atom stereocenters. The van der Waals surface area contributed by atoms with E-state index in [0.29, 0.717) is 5.56 Å². The molecule has 0 aliphatic heterocycles. The number of carbonyl (C=O) groups is 1.